The fraction of sp³-hybridized carbons (Fsp3) is 0.481. The van der Waals surface area contributed by atoms with Gasteiger partial charge in [0.25, 0.3) is 0 Å². The number of carbonyl (C=O) groups excluding carboxylic acids is 1. The molecule has 2 saturated heterocycles. The van der Waals surface area contributed by atoms with Crippen molar-refractivity contribution in [2.75, 3.05) is 61.1 Å². The number of hydrogen-bond acceptors (Lipinski definition) is 6. The molecule has 1 aromatic carbocycles. The SMILES string of the molecule is C=CC(=O)NCCOCC1CCN(c2ccnc(N[C@@H]3CCCN(c4cccc(F)c4)C3)c2)CC1. The number of pyridine rings is 1. The molecule has 0 spiro atoms. The molecule has 7 nitrogen and oxygen atoms in total. The van der Waals surface area contributed by atoms with Crippen LogP contribution >= 0.6 is 0 Å². The summed E-state index contributed by atoms with van der Waals surface area (Å²) in [5.41, 5.74) is 2.12. The summed E-state index contributed by atoms with van der Waals surface area (Å²) in [5.74, 6) is 1.07. The first-order valence-electron chi connectivity index (χ1n) is 12.6. The first-order valence-corrected chi connectivity index (χ1v) is 12.6. The quantitative estimate of drug-likeness (QED) is 0.397. The molecule has 0 radical (unpaired) electrons. The molecule has 0 aliphatic carbocycles. The monoisotopic (exact) mass is 481 g/mol. The minimum absolute atomic E-state index is 0.166. The van der Waals surface area contributed by atoms with Gasteiger partial charge in [0.05, 0.1) is 6.61 Å². The number of hydrogen-bond donors (Lipinski definition) is 2. The number of halogens is 1. The van der Waals surface area contributed by atoms with Gasteiger partial charge in [0, 0.05) is 69.0 Å². The van der Waals surface area contributed by atoms with Crippen molar-refractivity contribution in [3.05, 3.63) is 61.1 Å². The van der Waals surface area contributed by atoms with Gasteiger partial charge in [0.1, 0.15) is 11.6 Å². The molecule has 1 amide bonds. The van der Waals surface area contributed by atoms with Crippen LogP contribution in [-0.4, -0.2) is 62.9 Å². The number of piperidine rings is 2. The highest BCUT2D eigenvalue weighted by Crippen LogP contribution is 2.26. The van der Waals surface area contributed by atoms with Gasteiger partial charge in [-0.2, -0.15) is 0 Å². The van der Waals surface area contributed by atoms with Crippen molar-refractivity contribution < 1.29 is 13.9 Å². The van der Waals surface area contributed by atoms with E-state index in [1.807, 2.05) is 12.3 Å². The lowest BCUT2D eigenvalue weighted by molar-refractivity contribution is -0.116. The van der Waals surface area contributed by atoms with Crippen molar-refractivity contribution in [3.63, 3.8) is 0 Å². The maximum atomic E-state index is 13.7. The molecule has 2 fully saturated rings. The number of aromatic nitrogens is 1. The minimum atomic E-state index is -0.195. The van der Waals surface area contributed by atoms with Crippen LogP contribution in [0.1, 0.15) is 25.7 Å². The van der Waals surface area contributed by atoms with E-state index >= 15 is 0 Å². The zero-order valence-electron chi connectivity index (χ0n) is 20.3. The number of anilines is 3. The summed E-state index contributed by atoms with van der Waals surface area (Å²) in [6, 6.07) is 11.3. The molecular formula is C27H36FN5O2. The van der Waals surface area contributed by atoms with E-state index in [0.29, 0.717) is 19.1 Å². The Bertz CT molecular complexity index is 980. The van der Waals surface area contributed by atoms with Crippen LogP contribution in [0.4, 0.5) is 21.6 Å². The van der Waals surface area contributed by atoms with Gasteiger partial charge in [-0.1, -0.05) is 12.6 Å². The van der Waals surface area contributed by atoms with Crippen LogP contribution in [0.2, 0.25) is 0 Å². The van der Waals surface area contributed by atoms with E-state index < -0.39 is 0 Å². The van der Waals surface area contributed by atoms with Gasteiger partial charge in [-0.25, -0.2) is 9.37 Å². The van der Waals surface area contributed by atoms with Crippen LogP contribution in [0.5, 0.6) is 0 Å². The molecular weight excluding hydrogens is 445 g/mol. The Morgan fingerprint density at radius 3 is 2.77 bits per heavy atom. The Kier molecular flexibility index (Phi) is 8.95. The van der Waals surface area contributed by atoms with Crippen LogP contribution in [0.25, 0.3) is 0 Å². The number of ether oxygens (including phenoxy) is 1. The highest BCUT2D eigenvalue weighted by Gasteiger charge is 2.22. The Morgan fingerprint density at radius 2 is 1.97 bits per heavy atom. The molecule has 0 saturated carbocycles. The van der Waals surface area contributed by atoms with Crippen LogP contribution in [-0.2, 0) is 9.53 Å². The second kappa shape index (κ2) is 12.5. The van der Waals surface area contributed by atoms with Crippen LogP contribution in [0.15, 0.2) is 55.3 Å². The summed E-state index contributed by atoms with van der Waals surface area (Å²) < 4.78 is 19.4. The first kappa shape index (κ1) is 25.0. The first-order chi connectivity index (χ1) is 17.1. The lowest BCUT2D eigenvalue weighted by Gasteiger charge is -2.35. The number of rotatable bonds is 10. The molecule has 4 rings (SSSR count). The van der Waals surface area contributed by atoms with Crippen LogP contribution in [0.3, 0.4) is 0 Å². The van der Waals surface area contributed by atoms with E-state index in [2.05, 4.69) is 44.1 Å². The average molecular weight is 482 g/mol. The summed E-state index contributed by atoms with van der Waals surface area (Å²) in [6.45, 7) is 8.95. The van der Waals surface area contributed by atoms with Gasteiger partial charge in [0.2, 0.25) is 5.91 Å². The number of nitrogens with zero attached hydrogens (tertiary/aromatic N) is 3. The molecule has 2 aromatic rings. The van der Waals surface area contributed by atoms with Gasteiger partial charge >= 0.3 is 0 Å². The zero-order chi connectivity index (χ0) is 24.5. The molecule has 35 heavy (non-hydrogen) atoms. The topological polar surface area (TPSA) is 69.7 Å². The predicted molar refractivity (Wildman–Crippen MR) is 138 cm³/mol. The van der Waals surface area contributed by atoms with Gasteiger partial charge in [-0.15, -0.1) is 0 Å². The molecule has 3 heterocycles. The fourth-order valence-corrected chi connectivity index (χ4v) is 4.83. The summed E-state index contributed by atoms with van der Waals surface area (Å²) in [7, 11) is 0. The van der Waals surface area contributed by atoms with Crippen molar-refractivity contribution in [2.45, 2.75) is 31.7 Å². The maximum absolute atomic E-state index is 13.7. The maximum Gasteiger partial charge on any atom is 0.243 e. The standard InChI is InChI=1S/C27H36FN5O2/c1-2-27(34)30-12-16-35-20-21-9-14-32(15-10-21)25-8-11-29-26(18-25)31-23-6-4-13-33(19-23)24-7-3-5-22(28)17-24/h2-3,5,7-8,11,17-18,21,23H,1,4,6,9-10,12-16,19-20H2,(H,29,31)(H,30,34)/t23-/m1/s1. The Labute approximate surface area is 207 Å². The van der Waals surface area contributed by atoms with E-state index in [4.69, 9.17) is 4.74 Å². The second-order valence-electron chi connectivity index (χ2n) is 9.31. The number of amides is 1. The number of benzene rings is 1. The fourth-order valence-electron chi connectivity index (χ4n) is 4.83. The highest BCUT2D eigenvalue weighted by atomic mass is 19.1. The summed E-state index contributed by atoms with van der Waals surface area (Å²) in [5, 5.41) is 6.33. The molecule has 2 aliphatic heterocycles. The number of carbonyl (C=O) groups is 1. The smallest absolute Gasteiger partial charge is 0.243 e. The van der Waals surface area contributed by atoms with Crippen molar-refractivity contribution >= 4 is 23.1 Å². The number of nitrogens with one attached hydrogen (secondary N) is 2. The third-order valence-electron chi connectivity index (χ3n) is 6.75. The summed E-state index contributed by atoms with van der Waals surface area (Å²) in [6.07, 6.45) is 7.43. The molecule has 8 heteroatoms. The Hall–Kier alpha value is -3.13. The molecule has 1 aromatic heterocycles. The van der Waals surface area contributed by atoms with Crippen molar-refractivity contribution in [1.29, 1.82) is 0 Å². The van der Waals surface area contributed by atoms with E-state index in [9.17, 15) is 9.18 Å². The third-order valence-corrected chi connectivity index (χ3v) is 6.75. The second-order valence-corrected chi connectivity index (χ2v) is 9.31. The highest BCUT2D eigenvalue weighted by molar-refractivity contribution is 5.86. The molecule has 1 atom stereocenters. The van der Waals surface area contributed by atoms with Crippen LogP contribution in [0, 0.1) is 11.7 Å². The lowest BCUT2D eigenvalue weighted by atomic mass is 9.97. The Morgan fingerprint density at radius 1 is 1.14 bits per heavy atom. The van der Waals surface area contributed by atoms with Gasteiger partial charge in [0.15, 0.2) is 0 Å². The molecule has 188 valence electrons. The van der Waals surface area contributed by atoms with Gasteiger partial charge in [-0.05, 0) is 61.9 Å². The van der Waals surface area contributed by atoms with E-state index in [1.54, 1.807) is 12.1 Å². The molecule has 0 bridgehead atoms. The van der Waals surface area contributed by atoms with E-state index in [-0.39, 0.29) is 17.8 Å². The van der Waals surface area contributed by atoms with Crippen molar-refractivity contribution in [3.8, 4) is 0 Å². The van der Waals surface area contributed by atoms with Gasteiger partial charge < -0.3 is 25.2 Å². The predicted octanol–water partition coefficient (Wildman–Crippen LogP) is 3.84. The van der Waals surface area contributed by atoms with Crippen LogP contribution < -0.4 is 20.4 Å². The molecule has 2 aliphatic rings. The van der Waals surface area contributed by atoms with Crippen molar-refractivity contribution in [2.24, 2.45) is 5.92 Å². The molecule has 0 unspecified atom stereocenters. The third kappa shape index (κ3) is 7.42. The minimum Gasteiger partial charge on any atom is -0.379 e. The van der Waals surface area contributed by atoms with E-state index in [1.165, 1.54) is 17.8 Å². The lowest BCUT2D eigenvalue weighted by Crippen LogP contribution is -2.42. The Balaban J connectivity index is 1.23. The normalized spacial score (nSPS) is 18.8. The summed E-state index contributed by atoms with van der Waals surface area (Å²) in [4.78, 5) is 20.4. The zero-order valence-corrected chi connectivity index (χ0v) is 20.3. The van der Waals surface area contributed by atoms with E-state index in [0.717, 1.165) is 70.0 Å². The summed E-state index contributed by atoms with van der Waals surface area (Å²) >= 11 is 0. The van der Waals surface area contributed by atoms with Gasteiger partial charge in [-0.3, -0.25) is 4.79 Å². The largest absolute Gasteiger partial charge is 0.379 e. The average Bonchev–Trinajstić information content (AvgIpc) is 2.89. The van der Waals surface area contributed by atoms with Crippen molar-refractivity contribution in [1.82, 2.24) is 10.3 Å². The molecule has 2 N–H and O–H groups in total.